The SMILES string of the molecule is COc1ccc(C)cc1NC(=O)CSc1ccnc(=O)[nH]1. The van der Waals surface area contributed by atoms with Gasteiger partial charge in [0.15, 0.2) is 0 Å². The number of carbonyl (C=O) groups excluding carboxylic acids is 1. The largest absolute Gasteiger partial charge is 0.495 e. The van der Waals surface area contributed by atoms with Gasteiger partial charge in [0.05, 0.1) is 23.6 Å². The first kappa shape index (κ1) is 15.1. The summed E-state index contributed by atoms with van der Waals surface area (Å²) in [5, 5.41) is 3.39. The van der Waals surface area contributed by atoms with Crippen LogP contribution in [0, 0.1) is 6.92 Å². The van der Waals surface area contributed by atoms with Crippen LogP contribution in [-0.4, -0.2) is 28.7 Å². The summed E-state index contributed by atoms with van der Waals surface area (Å²) < 4.78 is 5.20. The van der Waals surface area contributed by atoms with Crippen molar-refractivity contribution in [2.75, 3.05) is 18.2 Å². The zero-order chi connectivity index (χ0) is 15.2. The topological polar surface area (TPSA) is 84.1 Å². The van der Waals surface area contributed by atoms with E-state index in [-0.39, 0.29) is 11.7 Å². The Morgan fingerprint density at radius 2 is 2.24 bits per heavy atom. The van der Waals surface area contributed by atoms with Crippen molar-refractivity contribution in [2.45, 2.75) is 11.9 Å². The van der Waals surface area contributed by atoms with E-state index in [1.54, 1.807) is 19.2 Å². The van der Waals surface area contributed by atoms with E-state index < -0.39 is 5.69 Å². The molecular weight excluding hydrogens is 290 g/mol. The van der Waals surface area contributed by atoms with Gasteiger partial charge < -0.3 is 15.0 Å². The lowest BCUT2D eigenvalue weighted by Gasteiger charge is -2.10. The molecule has 0 fully saturated rings. The average Bonchev–Trinajstić information content (AvgIpc) is 2.45. The maximum atomic E-state index is 12.0. The summed E-state index contributed by atoms with van der Waals surface area (Å²) in [4.78, 5) is 29.1. The van der Waals surface area contributed by atoms with Gasteiger partial charge in [-0.3, -0.25) is 4.79 Å². The van der Waals surface area contributed by atoms with Gasteiger partial charge in [-0.05, 0) is 30.7 Å². The van der Waals surface area contributed by atoms with E-state index in [2.05, 4.69) is 15.3 Å². The normalized spacial score (nSPS) is 10.2. The summed E-state index contributed by atoms with van der Waals surface area (Å²) in [6.45, 7) is 1.94. The molecule has 2 aromatic rings. The number of nitrogens with zero attached hydrogens (tertiary/aromatic N) is 1. The number of thioether (sulfide) groups is 1. The summed E-state index contributed by atoms with van der Waals surface area (Å²) in [5.41, 5.74) is 1.23. The maximum absolute atomic E-state index is 12.0. The summed E-state index contributed by atoms with van der Waals surface area (Å²) in [5.74, 6) is 0.606. The molecule has 0 atom stereocenters. The number of aromatic amines is 1. The minimum absolute atomic E-state index is 0.178. The number of benzene rings is 1. The molecule has 110 valence electrons. The number of hydrogen-bond acceptors (Lipinski definition) is 5. The van der Waals surface area contributed by atoms with Crippen molar-refractivity contribution in [3.63, 3.8) is 0 Å². The lowest BCUT2D eigenvalue weighted by molar-refractivity contribution is -0.113. The number of aryl methyl sites for hydroxylation is 1. The van der Waals surface area contributed by atoms with E-state index in [9.17, 15) is 9.59 Å². The van der Waals surface area contributed by atoms with Crippen molar-refractivity contribution in [1.29, 1.82) is 0 Å². The second kappa shape index (κ2) is 6.94. The first-order valence-corrected chi connectivity index (χ1v) is 7.19. The van der Waals surface area contributed by atoms with Crippen LogP contribution in [0.4, 0.5) is 5.69 Å². The Kier molecular flexibility index (Phi) is 4.99. The number of carbonyl (C=O) groups is 1. The molecule has 6 nitrogen and oxygen atoms in total. The fraction of sp³-hybridized carbons (Fsp3) is 0.214. The Morgan fingerprint density at radius 1 is 1.43 bits per heavy atom. The Bertz CT molecular complexity index is 700. The molecule has 0 aliphatic heterocycles. The number of methoxy groups -OCH3 is 1. The smallest absolute Gasteiger partial charge is 0.345 e. The van der Waals surface area contributed by atoms with E-state index in [1.807, 2.05) is 19.1 Å². The number of hydrogen-bond donors (Lipinski definition) is 2. The van der Waals surface area contributed by atoms with Crippen LogP contribution in [0.5, 0.6) is 5.75 Å². The predicted molar refractivity (Wildman–Crippen MR) is 81.9 cm³/mol. The molecule has 7 heteroatoms. The van der Waals surface area contributed by atoms with Crippen molar-refractivity contribution in [3.8, 4) is 5.75 Å². The lowest BCUT2D eigenvalue weighted by atomic mass is 10.2. The third kappa shape index (κ3) is 4.35. The second-order valence-corrected chi connectivity index (χ2v) is 5.30. The van der Waals surface area contributed by atoms with E-state index in [1.165, 1.54) is 18.0 Å². The standard InChI is InChI=1S/C14H15N3O3S/c1-9-3-4-11(20-2)10(7-9)16-12(18)8-21-13-5-6-15-14(19)17-13/h3-7H,8H2,1-2H3,(H,16,18)(H,15,17,19). The number of aromatic nitrogens is 2. The van der Waals surface area contributed by atoms with Crippen LogP contribution < -0.4 is 15.7 Å². The average molecular weight is 305 g/mol. The molecule has 1 aromatic heterocycles. The summed E-state index contributed by atoms with van der Waals surface area (Å²) >= 11 is 1.23. The molecule has 0 unspecified atom stereocenters. The van der Waals surface area contributed by atoms with Crippen molar-refractivity contribution >= 4 is 23.4 Å². The van der Waals surface area contributed by atoms with Crippen LogP contribution in [0.15, 0.2) is 40.3 Å². The zero-order valence-electron chi connectivity index (χ0n) is 11.7. The highest BCUT2D eigenvalue weighted by molar-refractivity contribution is 7.99. The molecule has 0 aliphatic carbocycles. The molecule has 0 saturated carbocycles. The fourth-order valence-electron chi connectivity index (χ4n) is 1.69. The van der Waals surface area contributed by atoms with Crippen molar-refractivity contribution in [3.05, 3.63) is 46.5 Å². The van der Waals surface area contributed by atoms with Gasteiger partial charge in [-0.15, -0.1) is 0 Å². The van der Waals surface area contributed by atoms with Gasteiger partial charge in [0.2, 0.25) is 5.91 Å². The maximum Gasteiger partial charge on any atom is 0.345 e. The highest BCUT2D eigenvalue weighted by Crippen LogP contribution is 2.25. The number of amides is 1. The van der Waals surface area contributed by atoms with Crippen molar-refractivity contribution in [1.82, 2.24) is 9.97 Å². The van der Waals surface area contributed by atoms with Gasteiger partial charge >= 0.3 is 5.69 Å². The summed E-state index contributed by atoms with van der Waals surface area (Å²) in [7, 11) is 1.55. The van der Waals surface area contributed by atoms with Crippen molar-refractivity contribution in [2.24, 2.45) is 0 Å². The van der Waals surface area contributed by atoms with Crippen LogP contribution in [0.3, 0.4) is 0 Å². The molecule has 2 N–H and O–H groups in total. The Hall–Kier alpha value is -2.28. The van der Waals surface area contributed by atoms with Gasteiger partial charge in [-0.1, -0.05) is 17.8 Å². The fourth-order valence-corrected chi connectivity index (χ4v) is 2.36. The van der Waals surface area contributed by atoms with Crippen LogP contribution in [0.1, 0.15) is 5.56 Å². The van der Waals surface area contributed by atoms with Crippen LogP contribution in [0.25, 0.3) is 0 Å². The minimum Gasteiger partial charge on any atom is -0.495 e. The molecule has 21 heavy (non-hydrogen) atoms. The molecule has 1 heterocycles. The van der Waals surface area contributed by atoms with Gasteiger partial charge in [0, 0.05) is 6.20 Å². The lowest BCUT2D eigenvalue weighted by Crippen LogP contribution is -2.16. The summed E-state index contributed by atoms with van der Waals surface area (Å²) in [6.07, 6.45) is 1.41. The van der Waals surface area contributed by atoms with Gasteiger partial charge in [0.25, 0.3) is 0 Å². The van der Waals surface area contributed by atoms with Gasteiger partial charge in [-0.2, -0.15) is 0 Å². The monoisotopic (exact) mass is 305 g/mol. The molecule has 0 saturated heterocycles. The van der Waals surface area contributed by atoms with Crippen LogP contribution in [-0.2, 0) is 4.79 Å². The number of H-pyrrole nitrogens is 1. The molecule has 0 radical (unpaired) electrons. The second-order valence-electron chi connectivity index (χ2n) is 4.28. The van der Waals surface area contributed by atoms with Crippen LogP contribution in [0.2, 0.25) is 0 Å². The van der Waals surface area contributed by atoms with Gasteiger partial charge in [-0.25, -0.2) is 9.78 Å². The Labute approximate surface area is 125 Å². The Balaban J connectivity index is 1.99. The molecular formula is C14H15N3O3S. The predicted octanol–water partition coefficient (Wildman–Crippen LogP) is 1.82. The molecule has 2 rings (SSSR count). The zero-order valence-corrected chi connectivity index (χ0v) is 12.5. The summed E-state index contributed by atoms with van der Waals surface area (Å²) in [6, 6.07) is 7.20. The molecule has 1 amide bonds. The van der Waals surface area contributed by atoms with E-state index in [0.29, 0.717) is 16.5 Å². The first-order valence-electron chi connectivity index (χ1n) is 6.21. The number of anilines is 1. The molecule has 0 bridgehead atoms. The van der Waals surface area contributed by atoms with E-state index in [0.717, 1.165) is 5.56 Å². The van der Waals surface area contributed by atoms with Crippen molar-refractivity contribution < 1.29 is 9.53 Å². The molecule has 0 aliphatic rings. The first-order chi connectivity index (χ1) is 10.1. The molecule has 1 aromatic carbocycles. The number of nitrogens with one attached hydrogen (secondary N) is 2. The number of rotatable bonds is 5. The van der Waals surface area contributed by atoms with E-state index >= 15 is 0 Å². The third-order valence-corrected chi connectivity index (χ3v) is 3.59. The minimum atomic E-state index is -0.430. The molecule has 0 spiro atoms. The van der Waals surface area contributed by atoms with Gasteiger partial charge in [0.1, 0.15) is 5.75 Å². The quantitative estimate of drug-likeness (QED) is 0.650. The number of ether oxygens (including phenoxy) is 1. The third-order valence-electron chi connectivity index (χ3n) is 2.64. The highest BCUT2D eigenvalue weighted by Gasteiger charge is 2.08. The highest BCUT2D eigenvalue weighted by atomic mass is 32.2. The Morgan fingerprint density at radius 3 is 2.95 bits per heavy atom. The van der Waals surface area contributed by atoms with E-state index in [4.69, 9.17) is 4.74 Å². The van der Waals surface area contributed by atoms with Crippen LogP contribution >= 0.6 is 11.8 Å².